The third kappa shape index (κ3) is 5.78. The second-order valence-electron chi connectivity index (χ2n) is 5.97. The molecule has 2 aromatic rings. The Morgan fingerprint density at radius 2 is 1.75 bits per heavy atom. The molecule has 0 atom stereocenters. The predicted octanol–water partition coefficient (Wildman–Crippen LogP) is 4.58. The fraction of sp³-hybridized carbons (Fsp3) is 0.316. The van der Waals surface area contributed by atoms with Gasteiger partial charge >= 0.3 is 5.97 Å². The minimum atomic E-state index is -0.889. The van der Waals surface area contributed by atoms with E-state index in [0.29, 0.717) is 35.5 Å². The Labute approximate surface area is 147 Å². The quantitative estimate of drug-likeness (QED) is 0.758. The van der Waals surface area contributed by atoms with Crippen molar-refractivity contribution >= 4 is 17.6 Å². The first-order valence-corrected chi connectivity index (χ1v) is 8.16. The van der Waals surface area contributed by atoms with Gasteiger partial charge in [0.05, 0.1) is 18.1 Å². The van der Waals surface area contributed by atoms with Crippen molar-refractivity contribution in [2.24, 2.45) is 5.92 Å². The number of hydrogen-bond acceptors (Lipinski definition) is 3. The maximum absolute atomic E-state index is 10.7. The van der Waals surface area contributed by atoms with Crippen molar-refractivity contribution in [3.05, 3.63) is 58.6 Å². The highest BCUT2D eigenvalue weighted by molar-refractivity contribution is 6.32. The van der Waals surface area contributed by atoms with Gasteiger partial charge in [-0.25, -0.2) is 0 Å². The van der Waals surface area contributed by atoms with Gasteiger partial charge in [-0.05, 0) is 41.3 Å². The normalized spacial score (nSPS) is 10.7. The third-order valence-corrected chi connectivity index (χ3v) is 3.55. The van der Waals surface area contributed by atoms with Crippen LogP contribution in [0.1, 0.15) is 25.0 Å². The van der Waals surface area contributed by atoms with Crippen LogP contribution < -0.4 is 9.47 Å². The molecule has 0 amide bonds. The highest BCUT2D eigenvalue weighted by Crippen LogP contribution is 2.26. The maximum atomic E-state index is 10.7. The molecule has 0 bridgehead atoms. The Balaban J connectivity index is 1.92. The van der Waals surface area contributed by atoms with Crippen molar-refractivity contribution in [3.63, 3.8) is 0 Å². The van der Waals surface area contributed by atoms with Crippen molar-refractivity contribution in [1.29, 1.82) is 0 Å². The van der Waals surface area contributed by atoms with Crippen LogP contribution in [0.2, 0.25) is 5.02 Å². The van der Waals surface area contributed by atoms with Gasteiger partial charge in [0, 0.05) is 0 Å². The molecule has 4 nitrogen and oxygen atoms in total. The molecule has 0 aliphatic carbocycles. The van der Waals surface area contributed by atoms with E-state index in [1.165, 1.54) is 0 Å². The number of rotatable bonds is 8. The molecule has 24 heavy (non-hydrogen) atoms. The van der Waals surface area contributed by atoms with E-state index in [-0.39, 0.29) is 6.42 Å². The lowest BCUT2D eigenvalue weighted by atomic mass is 10.1. The summed E-state index contributed by atoms with van der Waals surface area (Å²) < 4.78 is 11.3. The Bertz CT molecular complexity index is 680. The Kier molecular flexibility index (Phi) is 6.50. The zero-order chi connectivity index (χ0) is 17.5. The van der Waals surface area contributed by atoms with Gasteiger partial charge in [-0.15, -0.1) is 0 Å². The van der Waals surface area contributed by atoms with Crippen LogP contribution in [0.4, 0.5) is 0 Å². The van der Waals surface area contributed by atoms with Crippen molar-refractivity contribution in [2.45, 2.75) is 26.9 Å². The molecule has 0 unspecified atom stereocenters. The van der Waals surface area contributed by atoms with E-state index in [0.717, 1.165) is 11.3 Å². The van der Waals surface area contributed by atoms with Crippen molar-refractivity contribution in [2.75, 3.05) is 6.61 Å². The molecule has 5 heteroatoms. The summed E-state index contributed by atoms with van der Waals surface area (Å²) in [7, 11) is 0. The van der Waals surface area contributed by atoms with Crippen molar-refractivity contribution in [3.8, 4) is 11.5 Å². The molecule has 0 heterocycles. The molecule has 1 N–H and O–H groups in total. The topological polar surface area (TPSA) is 55.8 Å². The summed E-state index contributed by atoms with van der Waals surface area (Å²) in [5.41, 5.74) is 1.64. The molecule has 2 aromatic carbocycles. The monoisotopic (exact) mass is 348 g/mol. The zero-order valence-electron chi connectivity index (χ0n) is 13.8. The second-order valence-corrected chi connectivity index (χ2v) is 6.38. The molecule has 0 aliphatic heterocycles. The molecule has 128 valence electrons. The molecule has 0 saturated carbocycles. The first kappa shape index (κ1) is 18.1. The fourth-order valence-corrected chi connectivity index (χ4v) is 2.31. The van der Waals surface area contributed by atoms with Crippen LogP contribution in [-0.4, -0.2) is 17.7 Å². The van der Waals surface area contributed by atoms with E-state index in [1.54, 1.807) is 18.2 Å². The van der Waals surface area contributed by atoms with Gasteiger partial charge in [0.1, 0.15) is 18.1 Å². The summed E-state index contributed by atoms with van der Waals surface area (Å²) in [5.74, 6) is 0.966. The van der Waals surface area contributed by atoms with Crippen LogP contribution in [0.3, 0.4) is 0 Å². The number of carbonyl (C=O) groups is 1. The third-order valence-electron chi connectivity index (χ3n) is 3.25. The minimum Gasteiger partial charge on any atom is -0.493 e. The lowest BCUT2D eigenvalue weighted by molar-refractivity contribution is -0.136. The molecule has 0 aliphatic rings. The summed E-state index contributed by atoms with van der Waals surface area (Å²) in [4.78, 5) is 10.7. The first-order chi connectivity index (χ1) is 11.4. The van der Waals surface area contributed by atoms with Crippen LogP contribution in [0, 0.1) is 5.92 Å². The van der Waals surface area contributed by atoms with E-state index >= 15 is 0 Å². The van der Waals surface area contributed by atoms with Crippen molar-refractivity contribution in [1.82, 2.24) is 0 Å². The number of aliphatic carboxylic acids is 1. The standard InChI is InChI=1S/C19H21ClO4/c1-13(2)11-23-16-6-3-14(4-7-16)12-24-18-8-5-15(9-17(18)20)10-19(21)22/h3-9,13H,10-12H2,1-2H3,(H,21,22). The molecule has 0 fully saturated rings. The smallest absolute Gasteiger partial charge is 0.307 e. The largest absolute Gasteiger partial charge is 0.493 e. The lowest BCUT2D eigenvalue weighted by Crippen LogP contribution is -2.04. The van der Waals surface area contributed by atoms with Gasteiger partial charge in [-0.2, -0.15) is 0 Å². The molecular weight excluding hydrogens is 328 g/mol. The number of carboxylic acids is 1. The van der Waals surface area contributed by atoms with Gasteiger partial charge < -0.3 is 14.6 Å². The molecule has 0 radical (unpaired) electrons. The summed E-state index contributed by atoms with van der Waals surface area (Å²) in [6.45, 7) is 5.28. The summed E-state index contributed by atoms with van der Waals surface area (Å²) in [5, 5.41) is 9.19. The number of ether oxygens (including phenoxy) is 2. The Morgan fingerprint density at radius 1 is 1.08 bits per heavy atom. The Morgan fingerprint density at radius 3 is 2.33 bits per heavy atom. The van der Waals surface area contributed by atoms with Crippen LogP contribution >= 0.6 is 11.6 Å². The highest BCUT2D eigenvalue weighted by Gasteiger charge is 2.07. The van der Waals surface area contributed by atoms with Gasteiger partial charge in [-0.1, -0.05) is 43.6 Å². The van der Waals surface area contributed by atoms with Gasteiger partial charge in [0.2, 0.25) is 0 Å². The Hall–Kier alpha value is -2.20. The average Bonchev–Trinajstić information content (AvgIpc) is 2.52. The van der Waals surface area contributed by atoms with E-state index in [1.807, 2.05) is 24.3 Å². The summed E-state index contributed by atoms with van der Waals surface area (Å²) in [6.07, 6.45) is -0.0577. The second kappa shape index (κ2) is 8.60. The molecule has 0 aromatic heterocycles. The van der Waals surface area contributed by atoms with Gasteiger partial charge in [0.25, 0.3) is 0 Å². The summed E-state index contributed by atoms with van der Waals surface area (Å²) >= 11 is 6.14. The van der Waals surface area contributed by atoms with Crippen LogP contribution in [-0.2, 0) is 17.8 Å². The van der Waals surface area contributed by atoms with Crippen LogP contribution in [0.15, 0.2) is 42.5 Å². The SMILES string of the molecule is CC(C)COc1ccc(COc2ccc(CC(=O)O)cc2Cl)cc1. The number of benzene rings is 2. The van der Waals surface area contributed by atoms with Crippen molar-refractivity contribution < 1.29 is 19.4 Å². The molecule has 0 saturated heterocycles. The lowest BCUT2D eigenvalue weighted by Gasteiger charge is -2.11. The number of hydrogen-bond donors (Lipinski definition) is 1. The predicted molar refractivity (Wildman–Crippen MR) is 93.9 cm³/mol. The molecule has 0 spiro atoms. The van der Waals surface area contributed by atoms with E-state index in [9.17, 15) is 4.79 Å². The summed E-state index contributed by atoms with van der Waals surface area (Å²) in [6, 6.07) is 12.7. The first-order valence-electron chi connectivity index (χ1n) is 7.79. The van der Waals surface area contributed by atoms with E-state index in [4.69, 9.17) is 26.2 Å². The maximum Gasteiger partial charge on any atom is 0.307 e. The van der Waals surface area contributed by atoms with Gasteiger partial charge in [-0.3, -0.25) is 4.79 Å². The van der Waals surface area contributed by atoms with Gasteiger partial charge in [0.15, 0.2) is 0 Å². The highest BCUT2D eigenvalue weighted by atomic mass is 35.5. The minimum absolute atomic E-state index is 0.0577. The number of carboxylic acid groups (broad SMARTS) is 1. The molecule has 2 rings (SSSR count). The average molecular weight is 349 g/mol. The zero-order valence-corrected chi connectivity index (χ0v) is 14.5. The number of halogens is 1. The fourth-order valence-electron chi connectivity index (χ4n) is 2.05. The van der Waals surface area contributed by atoms with Crippen LogP contribution in [0.25, 0.3) is 0 Å². The van der Waals surface area contributed by atoms with Crippen LogP contribution in [0.5, 0.6) is 11.5 Å². The van der Waals surface area contributed by atoms with E-state index in [2.05, 4.69) is 13.8 Å². The van der Waals surface area contributed by atoms with E-state index < -0.39 is 5.97 Å². The molecular formula is C19H21ClO4.